The fourth-order valence-corrected chi connectivity index (χ4v) is 2.92. The molecule has 0 spiro atoms. The van der Waals surface area contributed by atoms with Gasteiger partial charge in [-0.05, 0) is 43.5 Å². The Balaban J connectivity index is 2.05. The number of aromatic nitrogens is 2. The Morgan fingerprint density at radius 1 is 1.26 bits per heavy atom. The normalized spacial score (nSPS) is 10.7. The van der Waals surface area contributed by atoms with Crippen LogP contribution in [0.3, 0.4) is 0 Å². The van der Waals surface area contributed by atoms with Crippen molar-refractivity contribution in [1.29, 1.82) is 0 Å². The van der Waals surface area contributed by atoms with Gasteiger partial charge in [-0.1, -0.05) is 22.9 Å². The highest BCUT2D eigenvalue weighted by Crippen LogP contribution is 2.25. The number of nitrogens with zero attached hydrogens (tertiary/aromatic N) is 2. The Hall–Kier alpha value is -1.29. The Bertz CT molecular complexity index is 537. The van der Waals surface area contributed by atoms with Crippen molar-refractivity contribution < 1.29 is 0 Å². The summed E-state index contributed by atoms with van der Waals surface area (Å²) in [5.41, 5.74) is 4.95. The zero-order chi connectivity index (χ0) is 13.8. The molecule has 2 rings (SSSR count). The highest BCUT2D eigenvalue weighted by atomic mass is 79.9. The molecule has 1 aromatic heterocycles. The lowest BCUT2D eigenvalue weighted by molar-refractivity contribution is 0.602. The minimum atomic E-state index is 0.813. The van der Waals surface area contributed by atoms with Crippen molar-refractivity contribution in [3.8, 4) is 0 Å². The minimum Gasteiger partial charge on any atom is -0.380 e. The summed E-state index contributed by atoms with van der Waals surface area (Å²) in [4.78, 5) is 0. The number of nitrogens with one attached hydrogen (secondary N) is 1. The van der Waals surface area contributed by atoms with Crippen LogP contribution in [0.4, 0.5) is 5.69 Å². The Labute approximate surface area is 123 Å². The van der Waals surface area contributed by atoms with Gasteiger partial charge in [0.1, 0.15) is 0 Å². The molecular weight excluding hydrogens is 302 g/mol. The summed E-state index contributed by atoms with van der Waals surface area (Å²) < 4.78 is 3.13. The van der Waals surface area contributed by atoms with E-state index in [-0.39, 0.29) is 0 Å². The SMILES string of the molecule is CCCn1cc(CNc2c(C)cc(Br)cc2C)cn1. The van der Waals surface area contributed by atoms with Crippen molar-refractivity contribution in [2.24, 2.45) is 0 Å². The molecule has 0 saturated carbocycles. The van der Waals surface area contributed by atoms with E-state index in [4.69, 9.17) is 0 Å². The maximum absolute atomic E-state index is 4.35. The van der Waals surface area contributed by atoms with Crippen molar-refractivity contribution >= 4 is 21.6 Å². The van der Waals surface area contributed by atoms with E-state index in [9.17, 15) is 0 Å². The summed E-state index contributed by atoms with van der Waals surface area (Å²) >= 11 is 3.52. The number of benzene rings is 1. The molecule has 0 fully saturated rings. The number of anilines is 1. The molecule has 1 heterocycles. The maximum Gasteiger partial charge on any atom is 0.0539 e. The molecule has 4 heteroatoms. The second-order valence-electron chi connectivity index (χ2n) is 4.88. The molecule has 0 radical (unpaired) electrons. The Morgan fingerprint density at radius 2 is 1.95 bits per heavy atom. The first-order valence-corrected chi connectivity index (χ1v) is 7.41. The average Bonchev–Trinajstić information content (AvgIpc) is 2.76. The molecule has 0 amide bonds. The largest absolute Gasteiger partial charge is 0.380 e. The third-order valence-electron chi connectivity index (χ3n) is 3.11. The summed E-state index contributed by atoms with van der Waals surface area (Å²) in [6, 6.07) is 4.27. The first-order valence-electron chi connectivity index (χ1n) is 6.62. The first kappa shape index (κ1) is 14.1. The van der Waals surface area contributed by atoms with Crippen molar-refractivity contribution in [2.45, 2.75) is 40.3 Å². The van der Waals surface area contributed by atoms with E-state index in [0.717, 1.165) is 24.0 Å². The van der Waals surface area contributed by atoms with Gasteiger partial charge in [0.05, 0.1) is 6.20 Å². The number of rotatable bonds is 5. The third-order valence-corrected chi connectivity index (χ3v) is 3.56. The molecular formula is C15H20BrN3. The van der Waals surface area contributed by atoms with E-state index in [1.807, 2.05) is 10.9 Å². The van der Waals surface area contributed by atoms with Crippen LogP contribution in [-0.4, -0.2) is 9.78 Å². The summed E-state index contributed by atoms with van der Waals surface area (Å²) in [5, 5.41) is 7.85. The summed E-state index contributed by atoms with van der Waals surface area (Å²) in [5.74, 6) is 0. The van der Waals surface area contributed by atoms with Gasteiger partial charge >= 0.3 is 0 Å². The van der Waals surface area contributed by atoms with Crippen molar-refractivity contribution in [3.63, 3.8) is 0 Å². The van der Waals surface area contributed by atoms with Crippen LogP contribution in [0.5, 0.6) is 0 Å². The third kappa shape index (κ3) is 3.60. The molecule has 0 bridgehead atoms. The zero-order valence-corrected chi connectivity index (χ0v) is 13.3. The zero-order valence-electron chi connectivity index (χ0n) is 11.7. The van der Waals surface area contributed by atoms with Crippen LogP contribution < -0.4 is 5.32 Å². The quantitative estimate of drug-likeness (QED) is 0.890. The van der Waals surface area contributed by atoms with Gasteiger partial charge < -0.3 is 5.32 Å². The van der Waals surface area contributed by atoms with E-state index in [2.05, 4.69) is 65.4 Å². The fraction of sp³-hybridized carbons (Fsp3) is 0.400. The maximum atomic E-state index is 4.35. The number of hydrogen-bond acceptors (Lipinski definition) is 2. The van der Waals surface area contributed by atoms with E-state index in [1.54, 1.807) is 0 Å². The fourth-order valence-electron chi connectivity index (χ4n) is 2.23. The van der Waals surface area contributed by atoms with Crippen LogP contribution in [0, 0.1) is 13.8 Å². The number of aryl methyl sites for hydroxylation is 3. The molecule has 1 N–H and O–H groups in total. The lowest BCUT2D eigenvalue weighted by Crippen LogP contribution is -2.02. The molecule has 0 unspecified atom stereocenters. The second-order valence-corrected chi connectivity index (χ2v) is 5.80. The Kier molecular flexibility index (Phi) is 4.64. The van der Waals surface area contributed by atoms with Crippen molar-refractivity contribution in [1.82, 2.24) is 9.78 Å². The van der Waals surface area contributed by atoms with Crippen LogP contribution in [-0.2, 0) is 13.1 Å². The molecule has 0 aliphatic carbocycles. The number of halogens is 1. The summed E-state index contributed by atoms with van der Waals surface area (Å²) in [7, 11) is 0. The van der Waals surface area contributed by atoms with E-state index in [1.165, 1.54) is 22.4 Å². The molecule has 102 valence electrons. The molecule has 0 atom stereocenters. The molecule has 2 aromatic rings. The average molecular weight is 322 g/mol. The van der Waals surface area contributed by atoms with Gasteiger partial charge in [-0.2, -0.15) is 5.10 Å². The van der Waals surface area contributed by atoms with Gasteiger partial charge in [0.25, 0.3) is 0 Å². The Morgan fingerprint density at radius 3 is 2.58 bits per heavy atom. The lowest BCUT2D eigenvalue weighted by atomic mass is 10.1. The van der Waals surface area contributed by atoms with Crippen LogP contribution >= 0.6 is 15.9 Å². The highest BCUT2D eigenvalue weighted by molar-refractivity contribution is 9.10. The van der Waals surface area contributed by atoms with E-state index in [0.29, 0.717) is 0 Å². The molecule has 1 aromatic carbocycles. The van der Waals surface area contributed by atoms with Crippen molar-refractivity contribution in [2.75, 3.05) is 5.32 Å². The van der Waals surface area contributed by atoms with Gasteiger partial charge in [0, 0.05) is 35.0 Å². The highest BCUT2D eigenvalue weighted by Gasteiger charge is 2.05. The minimum absolute atomic E-state index is 0.813. The molecule has 0 aliphatic rings. The van der Waals surface area contributed by atoms with Crippen molar-refractivity contribution in [3.05, 3.63) is 45.7 Å². The van der Waals surface area contributed by atoms with Crippen LogP contribution in [0.15, 0.2) is 29.0 Å². The molecule has 19 heavy (non-hydrogen) atoms. The topological polar surface area (TPSA) is 29.9 Å². The smallest absolute Gasteiger partial charge is 0.0539 e. The van der Waals surface area contributed by atoms with Crippen LogP contribution in [0.1, 0.15) is 30.0 Å². The molecule has 0 saturated heterocycles. The summed E-state index contributed by atoms with van der Waals surface area (Å²) in [6.07, 6.45) is 5.16. The van der Waals surface area contributed by atoms with E-state index < -0.39 is 0 Å². The summed E-state index contributed by atoms with van der Waals surface area (Å²) in [6.45, 7) is 8.21. The van der Waals surface area contributed by atoms with Gasteiger partial charge in [-0.3, -0.25) is 4.68 Å². The monoisotopic (exact) mass is 321 g/mol. The van der Waals surface area contributed by atoms with E-state index >= 15 is 0 Å². The van der Waals surface area contributed by atoms with Crippen LogP contribution in [0.25, 0.3) is 0 Å². The van der Waals surface area contributed by atoms with Gasteiger partial charge in [0.2, 0.25) is 0 Å². The second kappa shape index (κ2) is 6.24. The predicted molar refractivity (Wildman–Crippen MR) is 83.5 cm³/mol. The predicted octanol–water partition coefficient (Wildman–Crippen LogP) is 4.28. The van der Waals surface area contributed by atoms with Gasteiger partial charge in [-0.15, -0.1) is 0 Å². The molecule has 3 nitrogen and oxygen atoms in total. The lowest BCUT2D eigenvalue weighted by Gasteiger charge is -2.12. The van der Waals surface area contributed by atoms with Gasteiger partial charge in [-0.25, -0.2) is 0 Å². The standard InChI is InChI=1S/C15H20BrN3/c1-4-5-19-10-13(9-18-19)8-17-15-11(2)6-14(16)7-12(15)3/h6-7,9-10,17H,4-5,8H2,1-3H3. The van der Waals surface area contributed by atoms with Crippen LogP contribution in [0.2, 0.25) is 0 Å². The molecule has 0 aliphatic heterocycles. The number of hydrogen-bond donors (Lipinski definition) is 1. The first-order chi connectivity index (χ1) is 9.10. The van der Waals surface area contributed by atoms with Gasteiger partial charge in [0.15, 0.2) is 0 Å².